The maximum Gasteiger partial charge on any atom is 0.419 e. The van der Waals surface area contributed by atoms with Gasteiger partial charge in [-0.3, -0.25) is 9.29 Å². The Labute approximate surface area is 140 Å². The van der Waals surface area contributed by atoms with Crippen molar-refractivity contribution in [2.45, 2.75) is 4.90 Å². The van der Waals surface area contributed by atoms with Gasteiger partial charge in [-0.2, -0.15) is 0 Å². The third-order valence-corrected chi connectivity index (χ3v) is 5.22. The highest BCUT2D eigenvalue weighted by atomic mass is 32.2. The van der Waals surface area contributed by atoms with Gasteiger partial charge in [0.2, 0.25) is 0 Å². The minimum absolute atomic E-state index is 0.00331. The van der Waals surface area contributed by atoms with E-state index in [4.69, 9.17) is 4.42 Å². The van der Waals surface area contributed by atoms with Gasteiger partial charge in [0.25, 0.3) is 10.0 Å². The normalized spacial score (nSPS) is 12.0. The standard InChI is InChI=1S/C15H12N4O5S/c1-19-12-6-8(2-5-13(12)24-15(19)21)18-25(22,23)9-3-4-10-11(7-9)17-14(20)16-10/h2-7,18H,1H3,(H2,16,17,20). The van der Waals surface area contributed by atoms with Crippen LogP contribution < -0.4 is 16.2 Å². The Morgan fingerprint density at radius 2 is 1.80 bits per heavy atom. The number of aryl methyl sites for hydroxylation is 1. The molecule has 0 aliphatic rings. The molecular weight excluding hydrogens is 348 g/mol. The molecule has 0 unspecified atom stereocenters. The Bertz CT molecular complexity index is 1340. The zero-order valence-corrected chi connectivity index (χ0v) is 13.7. The molecule has 2 heterocycles. The first-order chi connectivity index (χ1) is 11.8. The molecule has 4 rings (SSSR count). The van der Waals surface area contributed by atoms with Crippen LogP contribution in [-0.4, -0.2) is 23.0 Å². The number of hydrogen-bond donors (Lipinski definition) is 3. The molecule has 128 valence electrons. The lowest BCUT2D eigenvalue weighted by Crippen LogP contribution is -2.13. The Kier molecular flexibility index (Phi) is 3.12. The van der Waals surface area contributed by atoms with Crippen molar-refractivity contribution in [1.29, 1.82) is 0 Å². The SMILES string of the molecule is Cn1c(=O)oc2ccc(NS(=O)(=O)c3ccc4[nH]c(=O)[nH]c4c3)cc21. The zero-order chi connectivity index (χ0) is 17.8. The largest absolute Gasteiger partial charge is 0.419 e. The highest BCUT2D eigenvalue weighted by Crippen LogP contribution is 2.22. The molecule has 25 heavy (non-hydrogen) atoms. The van der Waals surface area contributed by atoms with E-state index in [1.54, 1.807) is 0 Å². The van der Waals surface area contributed by atoms with Crippen LogP contribution >= 0.6 is 0 Å². The van der Waals surface area contributed by atoms with Crippen LogP contribution in [0, 0.1) is 0 Å². The van der Waals surface area contributed by atoms with Crippen molar-refractivity contribution in [1.82, 2.24) is 14.5 Å². The maximum atomic E-state index is 12.6. The average Bonchev–Trinajstić information content (AvgIpc) is 3.06. The summed E-state index contributed by atoms with van der Waals surface area (Å²) in [5.74, 6) is -0.531. The van der Waals surface area contributed by atoms with Crippen LogP contribution in [0.15, 0.2) is 55.3 Å². The van der Waals surface area contributed by atoms with Gasteiger partial charge in [0.1, 0.15) is 0 Å². The van der Waals surface area contributed by atoms with Gasteiger partial charge in [0, 0.05) is 7.05 Å². The number of hydrogen-bond acceptors (Lipinski definition) is 5. The smallest absolute Gasteiger partial charge is 0.408 e. The minimum atomic E-state index is -3.87. The molecule has 2 aromatic heterocycles. The molecule has 3 N–H and O–H groups in total. The number of aromatic nitrogens is 3. The fourth-order valence-corrected chi connectivity index (χ4v) is 3.66. The van der Waals surface area contributed by atoms with E-state index in [9.17, 15) is 18.0 Å². The molecule has 0 atom stereocenters. The monoisotopic (exact) mass is 360 g/mol. The van der Waals surface area contributed by atoms with Crippen LogP contribution in [0.5, 0.6) is 0 Å². The minimum Gasteiger partial charge on any atom is -0.408 e. The molecule has 0 bridgehead atoms. The second-order valence-corrected chi connectivity index (χ2v) is 7.18. The number of aromatic amines is 2. The summed E-state index contributed by atoms with van der Waals surface area (Å²) >= 11 is 0. The molecule has 0 spiro atoms. The van der Waals surface area contributed by atoms with E-state index in [0.29, 0.717) is 22.1 Å². The van der Waals surface area contributed by atoms with E-state index >= 15 is 0 Å². The van der Waals surface area contributed by atoms with Crippen LogP contribution in [0.1, 0.15) is 0 Å². The molecule has 0 saturated carbocycles. The van der Waals surface area contributed by atoms with Crippen LogP contribution in [0.4, 0.5) is 5.69 Å². The summed E-state index contributed by atoms with van der Waals surface area (Å²) < 4.78 is 33.9. The van der Waals surface area contributed by atoms with Gasteiger partial charge in [0.05, 0.1) is 27.1 Å². The quantitative estimate of drug-likeness (QED) is 0.504. The lowest BCUT2D eigenvalue weighted by atomic mass is 10.3. The first-order valence-corrected chi connectivity index (χ1v) is 8.66. The number of nitrogens with one attached hydrogen (secondary N) is 3. The summed E-state index contributed by atoms with van der Waals surface area (Å²) in [5, 5.41) is 0. The van der Waals surface area contributed by atoms with Crippen molar-refractivity contribution >= 4 is 37.8 Å². The van der Waals surface area contributed by atoms with Gasteiger partial charge >= 0.3 is 11.4 Å². The molecular formula is C15H12N4O5S. The summed E-state index contributed by atoms with van der Waals surface area (Å²) in [5.41, 5.74) is 1.60. The van der Waals surface area contributed by atoms with E-state index in [2.05, 4.69) is 14.7 Å². The molecule has 0 amide bonds. The Hall–Kier alpha value is -3.27. The highest BCUT2D eigenvalue weighted by Gasteiger charge is 2.16. The number of oxazole rings is 1. The van der Waals surface area contributed by atoms with E-state index in [1.807, 2.05) is 0 Å². The van der Waals surface area contributed by atoms with E-state index in [-0.39, 0.29) is 10.6 Å². The lowest BCUT2D eigenvalue weighted by molar-refractivity contribution is 0.528. The van der Waals surface area contributed by atoms with Gasteiger partial charge in [-0.1, -0.05) is 0 Å². The molecule has 9 nitrogen and oxygen atoms in total. The van der Waals surface area contributed by atoms with Gasteiger partial charge in [-0.25, -0.2) is 18.0 Å². The molecule has 0 aliphatic carbocycles. The van der Waals surface area contributed by atoms with Gasteiger partial charge in [-0.05, 0) is 36.4 Å². The summed E-state index contributed by atoms with van der Waals surface area (Å²) in [4.78, 5) is 27.9. The van der Waals surface area contributed by atoms with Crippen molar-refractivity contribution in [2.24, 2.45) is 7.05 Å². The Morgan fingerprint density at radius 1 is 1.04 bits per heavy atom. The van der Waals surface area contributed by atoms with Crippen LogP contribution in [0.3, 0.4) is 0 Å². The fourth-order valence-electron chi connectivity index (χ4n) is 2.58. The number of fused-ring (bicyclic) bond motifs is 2. The topological polar surface area (TPSA) is 130 Å². The number of sulfonamides is 1. The van der Waals surface area contributed by atoms with Crippen molar-refractivity contribution in [3.8, 4) is 0 Å². The summed E-state index contributed by atoms with van der Waals surface area (Å²) in [6.45, 7) is 0. The third-order valence-electron chi connectivity index (χ3n) is 3.84. The van der Waals surface area contributed by atoms with Gasteiger partial charge in [0.15, 0.2) is 5.58 Å². The molecule has 0 aliphatic heterocycles. The van der Waals surface area contributed by atoms with Crippen molar-refractivity contribution in [2.75, 3.05) is 4.72 Å². The number of H-pyrrole nitrogens is 2. The summed E-state index contributed by atoms with van der Waals surface area (Å²) in [7, 11) is -2.34. The van der Waals surface area contributed by atoms with Crippen molar-refractivity contribution in [3.05, 3.63) is 57.4 Å². The first-order valence-electron chi connectivity index (χ1n) is 7.18. The second-order valence-electron chi connectivity index (χ2n) is 5.50. The van der Waals surface area contributed by atoms with E-state index < -0.39 is 21.5 Å². The molecule has 10 heteroatoms. The summed E-state index contributed by atoms with van der Waals surface area (Å²) in [6, 6.07) is 8.78. The zero-order valence-electron chi connectivity index (χ0n) is 12.9. The van der Waals surface area contributed by atoms with Crippen molar-refractivity contribution in [3.63, 3.8) is 0 Å². The number of benzene rings is 2. The highest BCUT2D eigenvalue weighted by molar-refractivity contribution is 7.92. The first kappa shape index (κ1) is 15.3. The molecule has 4 aromatic rings. The van der Waals surface area contributed by atoms with Gasteiger partial charge in [-0.15, -0.1) is 0 Å². The number of rotatable bonds is 3. The van der Waals surface area contributed by atoms with Crippen LogP contribution in [-0.2, 0) is 17.1 Å². The van der Waals surface area contributed by atoms with Crippen molar-refractivity contribution < 1.29 is 12.8 Å². The van der Waals surface area contributed by atoms with E-state index in [1.165, 1.54) is 48.0 Å². The average molecular weight is 360 g/mol. The number of anilines is 1. The fraction of sp³-hybridized carbons (Fsp3) is 0.0667. The maximum absolute atomic E-state index is 12.6. The Balaban J connectivity index is 1.75. The predicted octanol–water partition coefficient (Wildman–Crippen LogP) is 1.10. The lowest BCUT2D eigenvalue weighted by Gasteiger charge is -2.08. The molecule has 0 fully saturated rings. The number of nitrogens with zero attached hydrogens (tertiary/aromatic N) is 1. The molecule has 0 saturated heterocycles. The number of imidazole rings is 1. The second kappa shape index (κ2) is 5.11. The molecule has 0 radical (unpaired) electrons. The van der Waals surface area contributed by atoms with E-state index in [0.717, 1.165) is 0 Å². The predicted molar refractivity (Wildman–Crippen MR) is 91.2 cm³/mol. The van der Waals surface area contributed by atoms with Crippen LogP contribution in [0.2, 0.25) is 0 Å². The Morgan fingerprint density at radius 3 is 2.60 bits per heavy atom. The summed E-state index contributed by atoms with van der Waals surface area (Å²) in [6.07, 6.45) is 0. The van der Waals surface area contributed by atoms with Crippen LogP contribution in [0.25, 0.3) is 22.1 Å². The molecule has 2 aromatic carbocycles. The third kappa shape index (κ3) is 2.52. The van der Waals surface area contributed by atoms with Gasteiger partial charge < -0.3 is 14.4 Å².